The maximum absolute atomic E-state index is 13.4. The average molecular weight is 402 g/mol. The summed E-state index contributed by atoms with van der Waals surface area (Å²) in [5.41, 5.74) is -0.280. The van der Waals surface area contributed by atoms with Crippen molar-refractivity contribution >= 4 is 40.0 Å². The minimum absolute atomic E-state index is 0.0374. The van der Waals surface area contributed by atoms with Gasteiger partial charge in [-0.15, -0.1) is 0 Å². The summed E-state index contributed by atoms with van der Waals surface area (Å²) in [7, 11) is 0. The van der Waals surface area contributed by atoms with Gasteiger partial charge in [-0.25, -0.2) is 4.39 Å². The largest absolute Gasteiger partial charge is 0.372 e. The van der Waals surface area contributed by atoms with Gasteiger partial charge in [0.15, 0.2) is 0 Å². The lowest BCUT2D eigenvalue weighted by atomic mass is 10.0. The Morgan fingerprint density at radius 3 is 2.89 bits per heavy atom. The molecule has 0 unspecified atom stereocenters. The molecule has 0 bridgehead atoms. The van der Waals surface area contributed by atoms with Crippen LogP contribution < -0.4 is 10.2 Å². The van der Waals surface area contributed by atoms with Crippen LogP contribution >= 0.6 is 11.6 Å². The number of rotatable bonds is 4. The maximum Gasteiger partial charge on any atom is 0.268 e. The molecule has 2 heterocycles. The highest BCUT2D eigenvalue weighted by Gasteiger charge is 2.51. The van der Waals surface area contributed by atoms with E-state index >= 15 is 0 Å². The summed E-state index contributed by atoms with van der Waals surface area (Å²) in [6.45, 7) is 0.154. The van der Waals surface area contributed by atoms with Crippen LogP contribution in [0.2, 0.25) is 5.02 Å². The highest BCUT2D eigenvalue weighted by atomic mass is 35.5. The molecule has 0 radical (unpaired) electrons. The summed E-state index contributed by atoms with van der Waals surface area (Å²) in [5, 5.41) is 14.4. The molecule has 1 fully saturated rings. The fourth-order valence-electron chi connectivity index (χ4n) is 3.41. The number of nitrogens with zero attached hydrogens (tertiary/aromatic N) is 1. The molecule has 144 valence electrons. The fraction of sp³-hybridized carbons (Fsp3) is 0.200. The van der Waals surface area contributed by atoms with Crippen molar-refractivity contribution in [2.45, 2.75) is 18.6 Å². The Kier molecular flexibility index (Phi) is 4.56. The normalized spacial score (nSPS) is 19.4. The van der Waals surface area contributed by atoms with Crippen molar-refractivity contribution in [1.82, 2.24) is 10.3 Å². The van der Waals surface area contributed by atoms with E-state index < -0.39 is 23.2 Å². The number of H-pyrrole nitrogens is 1. The number of hydrogen-bond acceptors (Lipinski definition) is 3. The Bertz CT molecular complexity index is 1060. The molecule has 1 aliphatic rings. The number of amides is 2. The molecule has 3 N–H and O–H groups in total. The minimum Gasteiger partial charge on any atom is -0.372 e. The van der Waals surface area contributed by atoms with Gasteiger partial charge in [0.2, 0.25) is 5.60 Å². The molecule has 1 atom stereocenters. The van der Waals surface area contributed by atoms with Crippen LogP contribution in [0.5, 0.6) is 0 Å². The van der Waals surface area contributed by atoms with E-state index in [9.17, 15) is 19.1 Å². The van der Waals surface area contributed by atoms with Gasteiger partial charge in [0, 0.05) is 41.9 Å². The number of aromatic amines is 1. The number of aromatic nitrogens is 1. The number of carbonyl (C=O) groups excluding carboxylic acids is 2. The average Bonchev–Trinajstić information content (AvgIpc) is 3.24. The Morgan fingerprint density at radius 1 is 1.29 bits per heavy atom. The summed E-state index contributed by atoms with van der Waals surface area (Å²) >= 11 is 5.80. The molecular weight excluding hydrogens is 385 g/mol. The highest BCUT2D eigenvalue weighted by molar-refractivity contribution is 6.30. The first kappa shape index (κ1) is 18.5. The third-order valence-electron chi connectivity index (χ3n) is 4.90. The SMILES string of the molecule is O=C(NCc1cc(F)cc(Cl)c1)[C@]1(O)CCN(c2ccc3cc[nH]c3c2)C1=O. The van der Waals surface area contributed by atoms with Crippen LogP contribution in [0, 0.1) is 5.82 Å². The van der Waals surface area contributed by atoms with Crippen LogP contribution in [0.3, 0.4) is 0 Å². The number of benzene rings is 2. The first-order valence-corrected chi connectivity index (χ1v) is 9.09. The van der Waals surface area contributed by atoms with E-state index in [1.165, 1.54) is 17.0 Å². The number of halogens is 2. The van der Waals surface area contributed by atoms with Crippen LogP contribution in [0.4, 0.5) is 10.1 Å². The van der Waals surface area contributed by atoms with Gasteiger partial charge >= 0.3 is 0 Å². The topological polar surface area (TPSA) is 85.4 Å². The molecule has 0 saturated carbocycles. The molecule has 8 heteroatoms. The predicted molar refractivity (Wildman–Crippen MR) is 103 cm³/mol. The second-order valence-corrected chi connectivity index (χ2v) is 7.21. The molecule has 2 amide bonds. The number of hydrogen-bond donors (Lipinski definition) is 3. The summed E-state index contributed by atoms with van der Waals surface area (Å²) in [4.78, 5) is 29.8. The van der Waals surface area contributed by atoms with Gasteiger partial charge in [0.05, 0.1) is 0 Å². The Morgan fingerprint density at radius 2 is 2.11 bits per heavy atom. The molecule has 6 nitrogen and oxygen atoms in total. The quantitative estimate of drug-likeness (QED) is 0.588. The van der Waals surface area contributed by atoms with Gasteiger partial charge < -0.3 is 20.3 Å². The zero-order valence-electron chi connectivity index (χ0n) is 14.7. The van der Waals surface area contributed by atoms with Gasteiger partial charge in [0.1, 0.15) is 5.82 Å². The molecule has 1 saturated heterocycles. The van der Waals surface area contributed by atoms with Gasteiger partial charge in [-0.1, -0.05) is 17.7 Å². The Balaban J connectivity index is 1.49. The van der Waals surface area contributed by atoms with Crippen LogP contribution in [-0.4, -0.2) is 34.1 Å². The van der Waals surface area contributed by atoms with Crippen LogP contribution in [-0.2, 0) is 16.1 Å². The first-order valence-electron chi connectivity index (χ1n) is 8.71. The van der Waals surface area contributed by atoms with Gasteiger partial charge in [-0.2, -0.15) is 0 Å². The van der Waals surface area contributed by atoms with E-state index in [0.717, 1.165) is 17.0 Å². The molecule has 28 heavy (non-hydrogen) atoms. The minimum atomic E-state index is -2.16. The van der Waals surface area contributed by atoms with E-state index in [4.69, 9.17) is 11.6 Å². The number of aliphatic hydroxyl groups is 1. The zero-order valence-corrected chi connectivity index (χ0v) is 15.5. The standard InChI is InChI=1S/C20H17ClFN3O3/c21-14-7-12(8-15(22)9-14)11-24-18(26)20(28)4-6-25(19(20)27)16-2-1-13-3-5-23-17(13)10-16/h1-3,5,7-10,23,28H,4,6,11H2,(H,24,26)/t20-/m1/s1. The number of fused-ring (bicyclic) bond motifs is 1. The Hall–Kier alpha value is -2.90. The lowest BCUT2D eigenvalue weighted by molar-refractivity contribution is -0.149. The van der Waals surface area contributed by atoms with Gasteiger partial charge in [-0.05, 0) is 47.3 Å². The highest BCUT2D eigenvalue weighted by Crippen LogP contribution is 2.30. The summed E-state index contributed by atoms with van der Waals surface area (Å²) in [5.74, 6) is -2.03. The van der Waals surface area contributed by atoms with Crippen LogP contribution in [0.25, 0.3) is 10.9 Å². The summed E-state index contributed by atoms with van der Waals surface area (Å²) < 4.78 is 13.4. The smallest absolute Gasteiger partial charge is 0.268 e. The molecule has 4 rings (SSSR count). The van der Waals surface area contributed by atoms with E-state index in [0.29, 0.717) is 11.3 Å². The fourth-order valence-corrected chi connectivity index (χ4v) is 3.65. The lowest BCUT2D eigenvalue weighted by Gasteiger charge is -2.22. The maximum atomic E-state index is 13.4. The molecule has 2 aromatic carbocycles. The van der Waals surface area contributed by atoms with Crippen molar-refractivity contribution in [3.63, 3.8) is 0 Å². The first-order chi connectivity index (χ1) is 13.4. The summed E-state index contributed by atoms with van der Waals surface area (Å²) in [6.07, 6.45) is 1.76. The second kappa shape index (κ2) is 6.92. The monoisotopic (exact) mass is 401 g/mol. The molecule has 3 aromatic rings. The predicted octanol–water partition coefficient (Wildman–Crippen LogP) is 2.74. The van der Waals surface area contributed by atoms with Crippen LogP contribution in [0.1, 0.15) is 12.0 Å². The molecule has 1 aromatic heterocycles. The van der Waals surface area contributed by atoms with Gasteiger partial charge in [-0.3, -0.25) is 9.59 Å². The number of anilines is 1. The third-order valence-corrected chi connectivity index (χ3v) is 5.12. The van der Waals surface area contributed by atoms with E-state index in [2.05, 4.69) is 10.3 Å². The summed E-state index contributed by atoms with van der Waals surface area (Å²) in [6, 6.07) is 11.2. The van der Waals surface area contributed by atoms with Crippen molar-refractivity contribution in [2.75, 3.05) is 11.4 Å². The number of carbonyl (C=O) groups is 2. The molecule has 1 aliphatic heterocycles. The molecule has 0 aliphatic carbocycles. The van der Waals surface area contributed by atoms with Crippen molar-refractivity contribution in [2.24, 2.45) is 0 Å². The van der Waals surface area contributed by atoms with E-state index in [1.54, 1.807) is 18.3 Å². The Labute approximate surface area is 164 Å². The third kappa shape index (κ3) is 3.23. The number of nitrogens with one attached hydrogen (secondary N) is 2. The molecule has 0 spiro atoms. The lowest BCUT2D eigenvalue weighted by Crippen LogP contribution is -2.52. The van der Waals surface area contributed by atoms with Crippen molar-refractivity contribution in [1.29, 1.82) is 0 Å². The van der Waals surface area contributed by atoms with E-state index in [1.807, 2.05) is 12.1 Å². The van der Waals surface area contributed by atoms with Crippen molar-refractivity contribution in [3.05, 3.63) is 65.1 Å². The van der Waals surface area contributed by atoms with Crippen LogP contribution in [0.15, 0.2) is 48.7 Å². The van der Waals surface area contributed by atoms with E-state index in [-0.39, 0.29) is 24.5 Å². The molecular formula is C20H17ClFN3O3. The van der Waals surface area contributed by atoms with Crippen molar-refractivity contribution < 1.29 is 19.1 Å². The van der Waals surface area contributed by atoms with Crippen molar-refractivity contribution in [3.8, 4) is 0 Å². The zero-order chi connectivity index (χ0) is 19.9. The van der Waals surface area contributed by atoms with Gasteiger partial charge in [0.25, 0.3) is 11.8 Å². The second-order valence-electron chi connectivity index (χ2n) is 6.78.